The Kier molecular flexibility index (Phi) is 7.52. The van der Waals surface area contributed by atoms with Crippen LogP contribution in [0.2, 0.25) is 0 Å². The summed E-state index contributed by atoms with van der Waals surface area (Å²) in [5, 5.41) is 16.6. The van der Waals surface area contributed by atoms with Crippen molar-refractivity contribution in [3.05, 3.63) is 71.3 Å². The first-order valence-corrected chi connectivity index (χ1v) is 11.1. The zero-order valence-corrected chi connectivity index (χ0v) is 19.0. The van der Waals surface area contributed by atoms with Crippen LogP contribution in [-0.2, 0) is 4.74 Å². The Morgan fingerprint density at radius 1 is 1.24 bits per heavy atom. The van der Waals surface area contributed by atoms with E-state index in [1.165, 1.54) is 18.3 Å². The molecule has 0 atom stereocenters. The lowest BCUT2D eigenvalue weighted by Gasteiger charge is -2.26. The van der Waals surface area contributed by atoms with Crippen LogP contribution in [0, 0.1) is 24.1 Å². The van der Waals surface area contributed by atoms with Gasteiger partial charge in [-0.25, -0.2) is 9.07 Å². The molecular weight excluding hydrogens is 437 g/mol. The van der Waals surface area contributed by atoms with E-state index in [1.54, 1.807) is 41.9 Å². The van der Waals surface area contributed by atoms with Gasteiger partial charge in [0.1, 0.15) is 17.6 Å². The van der Waals surface area contributed by atoms with Gasteiger partial charge in [0, 0.05) is 25.3 Å². The van der Waals surface area contributed by atoms with Crippen LogP contribution in [0.1, 0.15) is 28.0 Å². The zero-order chi connectivity index (χ0) is 23.9. The number of halogens is 1. The summed E-state index contributed by atoms with van der Waals surface area (Å²) in [4.78, 5) is 15.2. The number of benzene rings is 2. The largest absolute Gasteiger partial charge is 0.492 e. The minimum atomic E-state index is -0.353. The second-order valence-electron chi connectivity index (χ2n) is 7.96. The maximum absolute atomic E-state index is 13.2. The van der Waals surface area contributed by atoms with Gasteiger partial charge < -0.3 is 14.8 Å². The van der Waals surface area contributed by atoms with E-state index in [-0.39, 0.29) is 11.7 Å². The van der Waals surface area contributed by atoms with E-state index < -0.39 is 0 Å². The molecule has 1 fully saturated rings. The third kappa shape index (κ3) is 5.60. The summed E-state index contributed by atoms with van der Waals surface area (Å²) in [6.07, 6.45) is 2.31. The van der Waals surface area contributed by atoms with Crippen LogP contribution in [0.5, 0.6) is 5.75 Å². The molecule has 1 aromatic heterocycles. The fourth-order valence-corrected chi connectivity index (χ4v) is 3.79. The van der Waals surface area contributed by atoms with Crippen LogP contribution in [0.3, 0.4) is 0 Å². The van der Waals surface area contributed by atoms with Gasteiger partial charge >= 0.3 is 0 Å². The van der Waals surface area contributed by atoms with E-state index in [0.29, 0.717) is 40.6 Å². The van der Waals surface area contributed by atoms with Crippen molar-refractivity contribution >= 4 is 11.6 Å². The van der Waals surface area contributed by atoms with Crippen molar-refractivity contribution in [3.63, 3.8) is 0 Å². The third-order valence-corrected chi connectivity index (χ3v) is 5.66. The van der Waals surface area contributed by atoms with Gasteiger partial charge in [-0.1, -0.05) is 0 Å². The predicted molar refractivity (Wildman–Crippen MR) is 125 cm³/mol. The summed E-state index contributed by atoms with van der Waals surface area (Å²) in [5.41, 5.74) is 2.48. The van der Waals surface area contributed by atoms with Crippen molar-refractivity contribution < 1.29 is 18.7 Å². The topological polar surface area (TPSA) is 92.4 Å². The molecule has 3 aromatic rings. The molecule has 9 heteroatoms. The number of nitriles is 1. The lowest BCUT2D eigenvalue weighted by Crippen LogP contribution is -2.37. The average Bonchev–Trinajstić information content (AvgIpc) is 3.25. The molecule has 2 aromatic carbocycles. The first-order valence-electron chi connectivity index (χ1n) is 11.1. The maximum Gasteiger partial charge on any atom is 0.259 e. The summed E-state index contributed by atoms with van der Waals surface area (Å²) < 4.78 is 25.9. The van der Waals surface area contributed by atoms with Crippen LogP contribution in [-0.4, -0.2) is 60.0 Å². The number of amides is 1. The van der Waals surface area contributed by atoms with E-state index in [0.717, 1.165) is 39.3 Å². The number of rotatable bonds is 8. The van der Waals surface area contributed by atoms with Crippen molar-refractivity contribution in [2.24, 2.45) is 0 Å². The van der Waals surface area contributed by atoms with Gasteiger partial charge in [-0.05, 0) is 55.8 Å². The number of aromatic nitrogens is 2. The molecule has 8 nitrogen and oxygen atoms in total. The number of ether oxygens (including phenoxy) is 2. The minimum Gasteiger partial charge on any atom is -0.492 e. The molecule has 0 radical (unpaired) electrons. The molecule has 0 saturated carbocycles. The van der Waals surface area contributed by atoms with Gasteiger partial charge in [0.25, 0.3) is 5.91 Å². The summed E-state index contributed by atoms with van der Waals surface area (Å²) >= 11 is 0. The van der Waals surface area contributed by atoms with Crippen molar-refractivity contribution in [2.45, 2.75) is 13.3 Å². The molecule has 1 N–H and O–H groups in total. The van der Waals surface area contributed by atoms with Gasteiger partial charge in [0.2, 0.25) is 0 Å². The van der Waals surface area contributed by atoms with E-state index in [4.69, 9.17) is 9.47 Å². The van der Waals surface area contributed by atoms with Gasteiger partial charge in [-0.15, -0.1) is 0 Å². The Morgan fingerprint density at radius 2 is 2.00 bits per heavy atom. The van der Waals surface area contributed by atoms with Crippen molar-refractivity contribution in [1.29, 1.82) is 5.26 Å². The Bertz CT molecular complexity index is 1180. The highest BCUT2D eigenvalue weighted by atomic mass is 19.1. The summed E-state index contributed by atoms with van der Waals surface area (Å²) in [6, 6.07) is 13.0. The molecule has 1 aliphatic rings. The maximum atomic E-state index is 13.2. The Morgan fingerprint density at radius 3 is 2.74 bits per heavy atom. The lowest BCUT2D eigenvalue weighted by atomic mass is 10.1. The number of hydrogen-bond donors (Lipinski definition) is 1. The average molecular weight is 464 g/mol. The van der Waals surface area contributed by atoms with Crippen molar-refractivity contribution in [2.75, 3.05) is 44.8 Å². The monoisotopic (exact) mass is 463 g/mol. The Labute approximate surface area is 197 Å². The minimum absolute atomic E-state index is 0.343. The van der Waals surface area contributed by atoms with Crippen molar-refractivity contribution in [1.82, 2.24) is 14.7 Å². The van der Waals surface area contributed by atoms with Crippen LogP contribution in [0.4, 0.5) is 10.1 Å². The normalized spacial score (nSPS) is 13.9. The Balaban J connectivity index is 1.37. The van der Waals surface area contributed by atoms with Crippen LogP contribution < -0.4 is 10.1 Å². The van der Waals surface area contributed by atoms with E-state index in [2.05, 4.69) is 21.4 Å². The van der Waals surface area contributed by atoms with Gasteiger partial charge in [-0.3, -0.25) is 9.69 Å². The standard InChI is InChI=1S/C25H26FN5O3/c1-18-23(17-28-31(18)22-6-3-20(26)4-7-22)25(32)29-21-5-8-24(19(15-21)16-27)34-12-2-9-30-10-13-33-14-11-30/h3-8,15,17H,2,9-14H2,1H3,(H,29,32). The van der Waals surface area contributed by atoms with Crippen LogP contribution >= 0.6 is 0 Å². The lowest BCUT2D eigenvalue weighted by molar-refractivity contribution is 0.0358. The fraction of sp³-hybridized carbons (Fsp3) is 0.320. The number of hydrogen-bond acceptors (Lipinski definition) is 6. The third-order valence-electron chi connectivity index (χ3n) is 5.66. The fourth-order valence-electron chi connectivity index (χ4n) is 3.79. The highest BCUT2D eigenvalue weighted by molar-refractivity contribution is 6.05. The number of morpholine rings is 1. The highest BCUT2D eigenvalue weighted by Crippen LogP contribution is 2.23. The van der Waals surface area contributed by atoms with E-state index in [9.17, 15) is 14.4 Å². The summed E-state index contributed by atoms with van der Waals surface area (Å²) in [5.74, 6) is -0.207. The van der Waals surface area contributed by atoms with Gasteiger partial charge in [0.05, 0.1) is 48.5 Å². The van der Waals surface area contributed by atoms with E-state index >= 15 is 0 Å². The number of nitrogens with zero attached hydrogens (tertiary/aromatic N) is 4. The molecule has 0 unspecified atom stereocenters. The Hall–Kier alpha value is -3.74. The molecule has 0 bridgehead atoms. The molecule has 34 heavy (non-hydrogen) atoms. The number of nitrogens with one attached hydrogen (secondary N) is 1. The second kappa shape index (κ2) is 10.9. The quantitative estimate of drug-likeness (QED) is 0.514. The molecule has 1 saturated heterocycles. The molecule has 1 amide bonds. The number of anilines is 1. The molecule has 4 rings (SSSR count). The predicted octanol–water partition coefficient (Wildman–Crippen LogP) is 3.54. The van der Waals surface area contributed by atoms with Gasteiger partial charge in [0.15, 0.2) is 0 Å². The second-order valence-corrected chi connectivity index (χ2v) is 7.96. The molecular formula is C25H26FN5O3. The van der Waals surface area contributed by atoms with E-state index in [1.807, 2.05) is 0 Å². The molecule has 0 aliphatic carbocycles. The number of carbonyl (C=O) groups is 1. The molecule has 2 heterocycles. The summed E-state index contributed by atoms with van der Waals surface area (Å²) in [6.45, 7) is 6.57. The van der Waals surface area contributed by atoms with Crippen LogP contribution in [0.15, 0.2) is 48.7 Å². The molecule has 1 aliphatic heterocycles. The number of carbonyl (C=O) groups excluding carboxylic acids is 1. The highest BCUT2D eigenvalue weighted by Gasteiger charge is 2.16. The zero-order valence-electron chi connectivity index (χ0n) is 19.0. The molecule has 0 spiro atoms. The van der Waals surface area contributed by atoms with Crippen LogP contribution in [0.25, 0.3) is 5.69 Å². The SMILES string of the molecule is Cc1c(C(=O)Nc2ccc(OCCCN3CCOCC3)c(C#N)c2)cnn1-c1ccc(F)cc1. The smallest absolute Gasteiger partial charge is 0.259 e. The first kappa shape index (κ1) is 23.4. The summed E-state index contributed by atoms with van der Waals surface area (Å²) in [7, 11) is 0. The van der Waals surface area contributed by atoms with Crippen molar-refractivity contribution in [3.8, 4) is 17.5 Å². The van der Waals surface area contributed by atoms with Gasteiger partial charge in [-0.2, -0.15) is 10.4 Å². The molecule has 176 valence electrons. The first-order chi connectivity index (χ1) is 16.5.